The van der Waals surface area contributed by atoms with Crippen LogP contribution in [0.15, 0.2) is 70.6 Å². The Morgan fingerprint density at radius 3 is 2.58 bits per heavy atom. The third-order valence-electron chi connectivity index (χ3n) is 4.50. The number of nitrogens with one attached hydrogen (secondary N) is 1. The molecule has 2 aromatic carbocycles. The fourth-order valence-electron chi connectivity index (χ4n) is 3.12. The summed E-state index contributed by atoms with van der Waals surface area (Å²) in [6.07, 6.45) is 0. The minimum absolute atomic E-state index is 0.109. The van der Waals surface area contributed by atoms with E-state index in [-0.39, 0.29) is 23.1 Å². The maximum atomic E-state index is 13.5. The molecular weight excluding hydrogens is 419 g/mol. The summed E-state index contributed by atoms with van der Waals surface area (Å²) in [6.45, 7) is 0. The largest absolute Gasteiger partial charge is 0.368 e. The lowest BCUT2D eigenvalue weighted by Gasteiger charge is -2.10. The number of hydrogen-bond acceptors (Lipinski definition) is 7. The predicted octanol–water partition coefficient (Wildman–Crippen LogP) is 2.68. The van der Waals surface area contributed by atoms with Crippen LogP contribution in [0, 0.1) is 5.82 Å². The molecule has 154 valence electrons. The fraction of sp³-hybridized carbons (Fsp3) is 0.0500. The van der Waals surface area contributed by atoms with E-state index < -0.39 is 0 Å². The number of thioether (sulfide) groups is 1. The Balaban J connectivity index is 1.53. The number of nitrogens with zero attached hydrogens (tertiary/aromatic N) is 6. The van der Waals surface area contributed by atoms with Crippen molar-refractivity contribution in [2.75, 3.05) is 5.73 Å². The lowest BCUT2D eigenvalue weighted by Crippen LogP contribution is -2.15. The Bertz CT molecular complexity index is 1430. The summed E-state index contributed by atoms with van der Waals surface area (Å²) in [5.41, 5.74) is 7.41. The maximum Gasteiger partial charge on any atom is 0.274 e. The Hall–Kier alpha value is -3.99. The van der Waals surface area contributed by atoms with Gasteiger partial charge >= 0.3 is 0 Å². The third-order valence-corrected chi connectivity index (χ3v) is 5.46. The van der Waals surface area contributed by atoms with E-state index in [0.717, 1.165) is 11.3 Å². The molecule has 9 nitrogen and oxygen atoms in total. The smallest absolute Gasteiger partial charge is 0.274 e. The maximum absolute atomic E-state index is 13.5. The molecule has 0 unspecified atom stereocenters. The average Bonchev–Trinajstić information content (AvgIpc) is 3.37. The summed E-state index contributed by atoms with van der Waals surface area (Å²) in [5, 5.41) is 11.9. The van der Waals surface area contributed by atoms with Crippen LogP contribution < -0.4 is 11.3 Å². The van der Waals surface area contributed by atoms with Crippen molar-refractivity contribution in [1.82, 2.24) is 34.3 Å². The average molecular weight is 434 g/mol. The summed E-state index contributed by atoms with van der Waals surface area (Å²) in [6, 6.07) is 17.1. The zero-order chi connectivity index (χ0) is 21.4. The van der Waals surface area contributed by atoms with Crippen molar-refractivity contribution in [3.63, 3.8) is 0 Å². The van der Waals surface area contributed by atoms with Crippen LogP contribution in [0.25, 0.3) is 22.9 Å². The van der Waals surface area contributed by atoms with Crippen molar-refractivity contribution < 1.29 is 4.39 Å². The quantitative estimate of drug-likeness (QED) is 0.408. The van der Waals surface area contributed by atoms with E-state index >= 15 is 0 Å². The van der Waals surface area contributed by atoms with Crippen LogP contribution in [-0.2, 0) is 5.75 Å². The second-order valence-corrected chi connectivity index (χ2v) is 7.55. The number of benzene rings is 2. The van der Waals surface area contributed by atoms with Crippen molar-refractivity contribution in [3.8, 4) is 17.1 Å². The highest BCUT2D eigenvalue weighted by atomic mass is 32.2. The SMILES string of the molecule is Nc1nc2nc(CSc3nnc(-c4ccccc4)n3-c3ccc(F)cc3)cc(=O)n2[nH]1. The van der Waals surface area contributed by atoms with Gasteiger partial charge in [0, 0.05) is 23.1 Å². The number of aromatic amines is 1. The van der Waals surface area contributed by atoms with Gasteiger partial charge in [-0.2, -0.15) is 9.50 Å². The van der Waals surface area contributed by atoms with Crippen LogP contribution in [0.3, 0.4) is 0 Å². The molecule has 0 aliphatic carbocycles. The number of anilines is 1. The van der Waals surface area contributed by atoms with E-state index in [0.29, 0.717) is 22.4 Å². The molecule has 0 bridgehead atoms. The highest BCUT2D eigenvalue weighted by Crippen LogP contribution is 2.29. The molecule has 5 aromatic rings. The van der Waals surface area contributed by atoms with Gasteiger partial charge in [0.05, 0.1) is 5.69 Å². The summed E-state index contributed by atoms with van der Waals surface area (Å²) in [5.74, 6) is 0.956. The molecule has 0 saturated carbocycles. The molecule has 0 fully saturated rings. The van der Waals surface area contributed by atoms with Gasteiger partial charge in [0.15, 0.2) is 11.0 Å². The molecule has 5 rings (SSSR count). The number of fused-ring (bicyclic) bond motifs is 1. The van der Waals surface area contributed by atoms with Gasteiger partial charge in [-0.3, -0.25) is 14.5 Å². The lowest BCUT2D eigenvalue weighted by molar-refractivity contribution is 0.627. The second kappa shape index (κ2) is 7.69. The first-order valence-corrected chi connectivity index (χ1v) is 10.2. The highest BCUT2D eigenvalue weighted by Gasteiger charge is 2.17. The Labute approximate surface area is 178 Å². The summed E-state index contributed by atoms with van der Waals surface area (Å²) >= 11 is 1.35. The number of nitrogen functional groups attached to an aromatic ring is 1. The topological polar surface area (TPSA) is 120 Å². The number of nitrogens with two attached hydrogens (primary N) is 1. The van der Waals surface area contributed by atoms with Gasteiger partial charge in [-0.05, 0) is 24.3 Å². The molecule has 3 heterocycles. The van der Waals surface area contributed by atoms with Gasteiger partial charge in [-0.15, -0.1) is 10.2 Å². The molecule has 11 heteroatoms. The molecule has 3 N–H and O–H groups in total. The fourth-order valence-corrected chi connectivity index (χ4v) is 3.96. The van der Waals surface area contributed by atoms with Crippen LogP contribution >= 0.6 is 11.8 Å². The minimum Gasteiger partial charge on any atom is -0.368 e. The highest BCUT2D eigenvalue weighted by molar-refractivity contribution is 7.98. The van der Waals surface area contributed by atoms with Crippen molar-refractivity contribution >= 4 is 23.5 Å². The van der Waals surface area contributed by atoms with E-state index in [1.165, 1.54) is 34.5 Å². The van der Waals surface area contributed by atoms with E-state index in [2.05, 4.69) is 25.3 Å². The molecule has 0 atom stereocenters. The summed E-state index contributed by atoms with van der Waals surface area (Å²) < 4.78 is 16.5. The third kappa shape index (κ3) is 3.66. The first kappa shape index (κ1) is 19.0. The Kier molecular flexibility index (Phi) is 4.71. The lowest BCUT2D eigenvalue weighted by atomic mass is 10.2. The molecule has 0 amide bonds. The summed E-state index contributed by atoms with van der Waals surface area (Å²) in [7, 11) is 0. The minimum atomic E-state index is -0.330. The van der Waals surface area contributed by atoms with E-state index in [1.807, 2.05) is 34.9 Å². The van der Waals surface area contributed by atoms with Crippen LogP contribution in [0.5, 0.6) is 0 Å². The predicted molar refractivity (Wildman–Crippen MR) is 114 cm³/mol. The van der Waals surface area contributed by atoms with Crippen molar-refractivity contribution in [1.29, 1.82) is 0 Å². The molecule has 3 aromatic heterocycles. The van der Waals surface area contributed by atoms with E-state index in [4.69, 9.17) is 5.73 Å². The van der Waals surface area contributed by atoms with Crippen LogP contribution in [-0.4, -0.2) is 34.3 Å². The molecule has 0 saturated heterocycles. The second-order valence-electron chi connectivity index (χ2n) is 6.60. The standard InChI is InChI=1S/C20H15FN8OS/c21-13-6-8-15(9-7-13)28-17(12-4-2-1-3-5-12)25-26-20(28)31-11-14-10-16(30)29-19(23-14)24-18(22)27-29/h1-10H,11H2,(H3,22,23,24,27). The molecule has 0 radical (unpaired) electrons. The van der Waals surface area contributed by atoms with Gasteiger partial charge in [-0.1, -0.05) is 42.1 Å². The first-order chi connectivity index (χ1) is 15.1. The van der Waals surface area contributed by atoms with Crippen molar-refractivity contribution in [2.24, 2.45) is 0 Å². The van der Waals surface area contributed by atoms with Gasteiger partial charge < -0.3 is 5.73 Å². The normalized spacial score (nSPS) is 11.3. The van der Waals surface area contributed by atoms with Crippen molar-refractivity contribution in [2.45, 2.75) is 10.9 Å². The number of rotatable bonds is 5. The van der Waals surface area contributed by atoms with Gasteiger partial charge in [0.1, 0.15) is 5.82 Å². The van der Waals surface area contributed by atoms with Crippen LogP contribution in [0.2, 0.25) is 0 Å². The molecular formula is C20H15FN8OS. The van der Waals surface area contributed by atoms with Crippen LogP contribution in [0.1, 0.15) is 5.69 Å². The number of H-pyrrole nitrogens is 1. The molecule has 31 heavy (non-hydrogen) atoms. The number of hydrogen-bond donors (Lipinski definition) is 2. The van der Waals surface area contributed by atoms with E-state index in [1.54, 1.807) is 12.1 Å². The Morgan fingerprint density at radius 2 is 1.81 bits per heavy atom. The first-order valence-electron chi connectivity index (χ1n) is 9.22. The molecule has 0 aliphatic rings. The van der Waals surface area contributed by atoms with E-state index in [9.17, 15) is 9.18 Å². The van der Waals surface area contributed by atoms with Gasteiger partial charge in [0.25, 0.3) is 11.3 Å². The number of aromatic nitrogens is 7. The monoisotopic (exact) mass is 434 g/mol. The zero-order valence-corrected chi connectivity index (χ0v) is 16.8. The van der Waals surface area contributed by atoms with Crippen LogP contribution in [0.4, 0.5) is 10.3 Å². The van der Waals surface area contributed by atoms with Crippen molar-refractivity contribution in [3.05, 3.63) is 82.5 Å². The van der Waals surface area contributed by atoms with Gasteiger partial charge in [0.2, 0.25) is 5.95 Å². The summed E-state index contributed by atoms with van der Waals surface area (Å²) in [4.78, 5) is 20.6. The molecule has 0 spiro atoms. The van der Waals surface area contributed by atoms with Gasteiger partial charge in [-0.25, -0.2) is 9.37 Å². The Morgan fingerprint density at radius 1 is 1.03 bits per heavy atom. The molecule has 0 aliphatic heterocycles. The zero-order valence-electron chi connectivity index (χ0n) is 15.9. The number of halogens is 1.